The van der Waals surface area contributed by atoms with Crippen LogP contribution in [0.25, 0.3) is 0 Å². The number of hydrogen-bond donors (Lipinski definition) is 1. The molecule has 0 aliphatic rings. The summed E-state index contributed by atoms with van der Waals surface area (Å²) in [6.45, 7) is 4.36. The highest BCUT2D eigenvalue weighted by Crippen LogP contribution is 2.08. The van der Waals surface area contributed by atoms with E-state index in [9.17, 15) is 4.79 Å². The first-order valence-corrected chi connectivity index (χ1v) is 6.72. The highest BCUT2D eigenvalue weighted by Gasteiger charge is 1.98. The summed E-state index contributed by atoms with van der Waals surface area (Å²) in [5.41, 5.74) is 4.08. The van der Waals surface area contributed by atoms with Crippen LogP contribution in [0, 0.1) is 13.8 Å². The van der Waals surface area contributed by atoms with Crippen LogP contribution < -0.4 is 5.32 Å². The molecule has 4 heteroatoms. The van der Waals surface area contributed by atoms with Crippen molar-refractivity contribution in [1.82, 2.24) is 0 Å². The number of nitrogens with zero attached hydrogens (tertiary/aromatic N) is 1. The third-order valence-electron chi connectivity index (χ3n) is 2.92. The second-order valence-corrected chi connectivity index (χ2v) is 4.85. The maximum absolute atomic E-state index is 11.6. The summed E-state index contributed by atoms with van der Waals surface area (Å²) in [4.78, 5) is 16.7. The molecule has 0 atom stereocenters. The summed E-state index contributed by atoms with van der Waals surface area (Å²) in [6.07, 6.45) is 1.13. The van der Waals surface area contributed by atoms with Crippen LogP contribution in [0.5, 0.6) is 0 Å². The number of hydrogen-bond acceptors (Lipinski definition) is 3. The lowest BCUT2D eigenvalue weighted by Gasteiger charge is -2.02. The molecule has 0 bridgehead atoms. The summed E-state index contributed by atoms with van der Waals surface area (Å²) >= 11 is 0. The summed E-state index contributed by atoms with van der Waals surface area (Å²) in [5, 5.41) is 6.37. The average Bonchev–Trinajstić information content (AvgIpc) is 2.48. The molecule has 1 amide bonds. The Kier molecular flexibility index (Phi) is 5.10. The Morgan fingerprint density at radius 3 is 2.24 bits per heavy atom. The molecule has 0 aromatic heterocycles. The standard InChI is InChI=1S/C17H18N2O2/c1-13-3-7-15(8-4-13)12-21-18-11-17(20)19-16-9-5-14(2)6-10-16/h3-11H,12H2,1-2H3,(H,19,20)/b18-11+. The van der Waals surface area contributed by atoms with Gasteiger partial charge in [-0.15, -0.1) is 0 Å². The van der Waals surface area contributed by atoms with Crippen molar-refractivity contribution in [3.63, 3.8) is 0 Å². The molecule has 0 spiro atoms. The molecule has 0 fully saturated rings. The molecule has 0 aliphatic carbocycles. The van der Waals surface area contributed by atoms with Gasteiger partial charge in [0.05, 0.1) is 0 Å². The third-order valence-corrected chi connectivity index (χ3v) is 2.92. The molecule has 2 rings (SSSR count). The smallest absolute Gasteiger partial charge is 0.270 e. The normalized spacial score (nSPS) is 10.6. The predicted octanol–water partition coefficient (Wildman–Crippen LogP) is 3.44. The van der Waals surface area contributed by atoms with Crippen LogP contribution in [0.3, 0.4) is 0 Å². The molecular weight excluding hydrogens is 264 g/mol. The Hall–Kier alpha value is -2.62. The lowest BCUT2D eigenvalue weighted by atomic mass is 10.2. The second-order valence-electron chi connectivity index (χ2n) is 4.85. The van der Waals surface area contributed by atoms with Crippen molar-refractivity contribution in [2.75, 3.05) is 5.32 Å². The van der Waals surface area contributed by atoms with Gasteiger partial charge in [0.1, 0.15) is 12.8 Å². The van der Waals surface area contributed by atoms with Crippen molar-refractivity contribution < 1.29 is 9.63 Å². The number of nitrogens with one attached hydrogen (secondary N) is 1. The van der Waals surface area contributed by atoms with Crippen molar-refractivity contribution in [2.45, 2.75) is 20.5 Å². The van der Waals surface area contributed by atoms with Gasteiger partial charge in [0, 0.05) is 5.69 Å². The number of carbonyl (C=O) groups is 1. The van der Waals surface area contributed by atoms with Gasteiger partial charge in [0.25, 0.3) is 5.91 Å². The number of amides is 1. The van der Waals surface area contributed by atoms with E-state index in [1.54, 1.807) is 0 Å². The highest BCUT2D eigenvalue weighted by atomic mass is 16.6. The maximum atomic E-state index is 11.6. The van der Waals surface area contributed by atoms with Crippen LogP contribution in [-0.4, -0.2) is 12.1 Å². The molecule has 21 heavy (non-hydrogen) atoms. The minimum Gasteiger partial charge on any atom is -0.391 e. The zero-order valence-corrected chi connectivity index (χ0v) is 12.2. The van der Waals surface area contributed by atoms with E-state index in [1.165, 1.54) is 5.56 Å². The largest absolute Gasteiger partial charge is 0.391 e. The molecule has 0 unspecified atom stereocenters. The Morgan fingerprint density at radius 2 is 1.62 bits per heavy atom. The van der Waals surface area contributed by atoms with Crippen molar-refractivity contribution >= 4 is 17.8 Å². The minimum absolute atomic E-state index is 0.317. The zero-order chi connectivity index (χ0) is 15.1. The predicted molar refractivity (Wildman–Crippen MR) is 84.3 cm³/mol. The van der Waals surface area contributed by atoms with E-state index in [4.69, 9.17) is 4.84 Å². The van der Waals surface area contributed by atoms with Crippen LogP contribution in [0.4, 0.5) is 5.69 Å². The number of anilines is 1. The second kappa shape index (κ2) is 7.24. The van der Waals surface area contributed by atoms with Crippen molar-refractivity contribution in [3.05, 3.63) is 65.2 Å². The number of oxime groups is 1. The lowest BCUT2D eigenvalue weighted by Crippen LogP contribution is -2.12. The average molecular weight is 282 g/mol. The van der Waals surface area contributed by atoms with E-state index in [1.807, 2.05) is 62.4 Å². The minimum atomic E-state index is -0.317. The topological polar surface area (TPSA) is 50.7 Å². The number of aryl methyl sites for hydroxylation is 2. The number of benzene rings is 2. The first kappa shape index (κ1) is 14.8. The summed E-state index contributed by atoms with van der Waals surface area (Å²) < 4.78 is 0. The molecule has 4 nitrogen and oxygen atoms in total. The van der Waals surface area contributed by atoms with Crippen LogP contribution in [0.15, 0.2) is 53.7 Å². The number of rotatable bonds is 5. The Bertz CT molecular complexity index is 616. The summed E-state index contributed by atoms with van der Waals surface area (Å²) in [6, 6.07) is 15.5. The molecule has 0 heterocycles. The Balaban J connectivity index is 1.77. The first-order valence-electron chi connectivity index (χ1n) is 6.72. The van der Waals surface area contributed by atoms with E-state index in [0.717, 1.165) is 23.0 Å². The van der Waals surface area contributed by atoms with E-state index in [-0.39, 0.29) is 5.91 Å². The maximum Gasteiger partial charge on any atom is 0.270 e. The van der Waals surface area contributed by atoms with Gasteiger partial charge < -0.3 is 10.2 Å². The molecule has 1 N–H and O–H groups in total. The monoisotopic (exact) mass is 282 g/mol. The van der Waals surface area contributed by atoms with Gasteiger partial charge >= 0.3 is 0 Å². The molecule has 0 aliphatic heterocycles. The van der Waals surface area contributed by atoms with Crippen LogP contribution in [0.1, 0.15) is 16.7 Å². The molecule has 0 radical (unpaired) electrons. The van der Waals surface area contributed by atoms with E-state index in [0.29, 0.717) is 6.61 Å². The van der Waals surface area contributed by atoms with Crippen LogP contribution >= 0.6 is 0 Å². The summed E-state index contributed by atoms with van der Waals surface area (Å²) in [7, 11) is 0. The fraction of sp³-hybridized carbons (Fsp3) is 0.176. The molecule has 0 saturated heterocycles. The number of carbonyl (C=O) groups excluding carboxylic acids is 1. The zero-order valence-electron chi connectivity index (χ0n) is 12.2. The van der Waals surface area contributed by atoms with Crippen molar-refractivity contribution in [3.8, 4) is 0 Å². The quantitative estimate of drug-likeness (QED) is 0.674. The highest BCUT2D eigenvalue weighted by molar-refractivity contribution is 6.31. The van der Waals surface area contributed by atoms with Gasteiger partial charge in [0.15, 0.2) is 0 Å². The molecule has 0 saturated carbocycles. The van der Waals surface area contributed by atoms with Crippen molar-refractivity contribution in [1.29, 1.82) is 0 Å². The molecule has 2 aromatic rings. The van der Waals surface area contributed by atoms with Gasteiger partial charge in [-0.25, -0.2) is 0 Å². The van der Waals surface area contributed by atoms with E-state index >= 15 is 0 Å². The molecule has 108 valence electrons. The van der Waals surface area contributed by atoms with Gasteiger partial charge in [-0.3, -0.25) is 4.79 Å². The van der Waals surface area contributed by atoms with Gasteiger partial charge in [-0.05, 0) is 31.5 Å². The van der Waals surface area contributed by atoms with E-state index in [2.05, 4.69) is 10.5 Å². The van der Waals surface area contributed by atoms with Gasteiger partial charge in [-0.2, -0.15) is 0 Å². The van der Waals surface area contributed by atoms with Gasteiger partial charge in [0.2, 0.25) is 0 Å². The first-order chi connectivity index (χ1) is 10.1. The fourth-order valence-electron chi connectivity index (χ4n) is 1.69. The van der Waals surface area contributed by atoms with Crippen LogP contribution in [-0.2, 0) is 16.2 Å². The third kappa shape index (κ3) is 5.10. The van der Waals surface area contributed by atoms with Crippen LogP contribution in [0.2, 0.25) is 0 Å². The van der Waals surface area contributed by atoms with Gasteiger partial charge in [-0.1, -0.05) is 52.7 Å². The molecular formula is C17H18N2O2. The lowest BCUT2D eigenvalue weighted by molar-refractivity contribution is -0.110. The molecule has 2 aromatic carbocycles. The Morgan fingerprint density at radius 1 is 1.05 bits per heavy atom. The summed E-state index contributed by atoms with van der Waals surface area (Å²) in [5.74, 6) is -0.317. The Labute approximate surface area is 124 Å². The van der Waals surface area contributed by atoms with E-state index < -0.39 is 0 Å². The SMILES string of the molecule is Cc1ccc(CO/N=C/C(=O)Nc2ccc(C)cc2)cc1. The van der Waals surface area contributed by atoms with Crippen molar-refractivity contribution in [2.24, 2.45) is 5.16 Å². The fourth-order valence-corrected chi connectivity index (χ4v) is 1.69.